The molecule has 0 fully saturated rings. The van der Waals surface area contributed by atoms with Crippen molar-refractivity contribution < 1.29 is 18.1 Å². The number of halogens is 4. The van der Waals surface area contributed by atoms with E-state index < -0.39 is 28.8 Å². The second-order valence-corrected chi connectivity index (χ2v) is 3.91. The number of nitriles is 1. The van der Waals surface area contributed by atoms with E-state index in [1.165, 1.54) is 0 Å². The Balaban J connectivity index is 3.47. The molecule has 0 bridgehead atoms. The summed E-state index contributed by atoms with van der Waals surface area (Å²) in [5.41, 5.74) is -1.81. The van der Waals surface area contributed by atoms with Gasteiger partial charge in [0.05, 0.1) is 27.4 Å². The maximum Gasteiger partial charge on any atom is 0.416 e. The van der Waals surface area contributed by atoms with Crippen LogP contribution in [0.25, 0.3) is 0 Å². The first-order valence-electron chi connectivity index (χ1n) is 4.18. The Morgan fingerprint density at radius 1 is 1.47 bits per heavy atom. The number of rotatable bonds is 2. The average molecular weight is 309 g/mol. The molecule has 0 amide bonds. The third-order valence-electron chi connectivity index (χ3n) is 1.92. The molecule has 0 aliphatic rings. The molecule has 8 heteroatoms. The van der Waals surface area contributed by atoms with Crippen molar-refractivity contribution in [1.82, 2.24) is 0 Å². The highest BCUT2D eigenvalue weighted by Crippen LogP contribution is 2.37. The van der Waals surface area contributed by atoms with Crippen LogP contribution in [0.4, 0.5) is 18.9 Å². The molecule has 17 heavy (non-hydrogen) atoms. The van der Waals surface area contributed by atoms with Gasteiger partial charge in [0.15, 0.2) is 0 Å². The van der Waals surface area contributed by atoms with Crippen LogP contribution in [0.5, 0.6) is 0 Å². The molecule has 1 aromatic carbocycles. The van der Waals surface area contributed by atoms with Crippen LogP contribution in [0.15, 0.2) is 16.6 Å². The number of benzene rings is 1. The van der Waals surface area contributed by atoms with Crippen molar-refractivity contribution in [2.75, 3.05) is 0 Å². The largest absolute Gasteiger partial charge is 0.416 e. The zero-order valence-corrected chi connectivity index (χ0v) is 9.67. The first kappa shape index (κ1) is 13.4. The lowest BCUT2D eigenvalue weighted by molar-refractivity contribution is -0.386. The fourth-order valence-corrected chi connectivity index (χ4v) is 1.89. The fraction of sp³-hybridized carbons (Fsp3) is 0.222. The summed E-state index contributed by atoms with van der Waals surface area (Å²) in [6.45, 7) is 0. The predicted octanol–water partition coefficient (Wildman–Crippen LogP) is 3.44. The Bertz CT molecular complexity index is 508. The van der Waals surface area contributed by atoms with Crippen LogP contribution in [-0.2, 0) is 12.6 Å². The van der Waals surface area contributed by atoms with Gasteiger partial charge in [-0.05, 0) is 28.1 Å². The van der Waals surface area contributed by atoms with Crippen LogP contribution in [0.2, 0.25) is 0 Å². The van der Waals surface area contributed by atoms with E-state index in [0.717, 1.165) is 0 Å². The van der Waals surface area contributed by atoms with E-state index in [1.54, 1.807) is 6.07 Å². The summed E-state index contributed by atoms with van der Waals surface area (Å²) >= 11 is 2.71. The van der Waals surface area contributed by atoms with Gasteiger partial charge in [-0.15, -0.1) is 0 Å². The highest BCUT2D eigenvalue weighted by Gasteiger charge is 2.33. The number of alkyl halides is 3. The molecular formula is C9H4BrF3N2O2. The Morgan fingerprint density at radius 3 is 2.47 bits per heavy atom. The minimum atomic E-state index is -4.61. The van der Waals surface area contributed by atoms with Gasteiger partial charge in [-0.25, -0.2) is 0 Å². The van der Waals surface area contributed by atoms with Gasteiger partial charge in [0.2, 0.25) is 0 Å². The highest BCUT2D eigenvalue weighted by molar-refractivity contribution is 9.10. The maximum atomic E-state index is 12.4. The smallest absolute Gasteiger partial charge is 0.258 e. The van der Waals surface area contributed by atoms with E-state index in [4.69, 9.17) is 5.26 Å². The first-order valence-corrected chi connectivity index (χ1v) is 4.97. The van der Waals surface area contributed by atoms with Crippen molar-refractivity contribution in [3.63, 3.8) is 0 Å². The molecular weight excluding hydrogens is 305 g/mol. The Hall–Kier alpha value is -1.62. The third-order valence-corrected chi connectivity index (χ3v) is 2.53. The summed E-state index contributed by atoms with van der Waals surface area (Å²) in [5, 5.41) is 19.1. The first-order chi connectivity index (χ1) is 7.77. The van der Waals surface area contributed by atoms with E-state index in [1.807, 2.05) is 0 Å². The number of hydrogen-bond donors (Lipinski definition) is 0. The number of hydrogen-bond acceptors (Lipinski definition) is 3. The fourth-order valence-electron chi connectivity index (χ4n) is 1.24. The van der Waals surface area contributed by atoms with Crippen molar-refractivity contribution >= 4 is 21.6 Å². The lowest BCUT2D eigenvalue weighted by Gasteiger charge is -2.09. The molecule has 0 aromatic heterocycles. The predicted molar refractivity (Wildman–Crippen MR) is 55.1 cm³/mol. The van der Waals surface area contributed by atoms with E-state index in [2.05, 4.69) is 15.9 Å². The van der Waals surface area contributed by atoms with Crippen molar-refractivity contribution in [1.29, 1.82) is 5.26 Å². The molecule has 1 aromatic rings. The van der Waals surface area contributed by atoms with Crippen molar-refractivity contribution in [2.45, 2.75) is 12.6 Å². The van der Waals surface area contributed by atoms with Crippen LogP contribution < -0.4 is 0 Å². The molecule has 0 unspecified atom stereocenters. The van der Waals surface area contributed by atoms with Crippen LogP contribution in [0.3, 0.4) is 0 Å². The number of nitro benzene ring substituents is 1. The van der Waals surface area contributed by atoms with Gasteiger partial charge >= 0.3 is 6.18 Å². The molecule has 90 valence electrons. The molecule has 0 saturated carbocycles. The second kappa shape index (κ2) is 4.71. The SMILES string of the molecule is N#CCc1cc(C(F)(F)F)cc(Br)c1[N+](=O)[O-]. The van der Waals surface area contributed by atoms with Gasteiger partial charge in [0, 0.05) is 5.56 Å². The second-order valence-electron chi connectivity index (χ2n) is 3.06. The van der Waals surface area contributed by atoms with E-state index in [0.29, 0.717) is 12.1 Å². The summed E-state index contributed by atoms with van der Waals surface area (Å²) in [5.74, 6) is 0. The number of nitrogens with zero attached hydrogens (tertiary/aromatic N) is 2. The van der Waals surface area contributed by atoms with Crippen molar-refractivity contribution in [2.24, 2.45) is 0 Å². The van der Waals surface area contributed by atoms with E-state index in [9.17, 15) is 23.3 Å². The minimum absolute atomic E-state index is 0.265. The highest BCUT2D eigenvalue weighted by atomic mass is 79.9. The van der Waals surface area contributed by atoms with Crippen LogP contribution >= 0.6 is 15.9 Å². The molecule has 0 N–H and O–H groups in total. The van der Waals surface area contributed by atoms with Gasteiger partial charge in [-0.3, -0.25) is 10.1 Å². The van der Waals surface area contributed by atoms with Gasteiger partial charge in [0.1, 0.15) is 0 Å². The lowest BCUT2D eigenvalue weighted by atomic mass is 10.1. The molecule has 1 rings (SSSR count). The molecule has 0 saturated heterocycles. The Kier molecular flexibility index (Phi) is 3.72. The standard InChI is InChI=1S/C9H4BrF3N2O2/c10-7-4-6(9(11,12)13)3-5(1-2-14)8(7)15(16)17/h3-4H,1H2. The summed E-state index contributed by atoms with van der Waals surface area (Å²) in [6.07, 6.45) is -5.07. The van der Waals surface area contributed by atoms with Crippen LogP contribution in [-0.4, -0.2) is 4.92 Å². The number of nitro groups is 1. The summed E-state index contributed by atoms with van der Waals surface area (Å²) in [4.78, 5) is 9.84. The van der Waals surface area contributed by atoms with Gasteiger partial charge in [-0.1, -0.05) is 0 Å². The Morgan fingerprint density at radius 2 is 2.06 bits per heavy atom. The minimum Gasteiger partial charge on any atom is -0.258 e. The topological polar surface area (TPSA) is 66.9 Å². The summed E-state index contributed by atoms with van der Waals surface area (Å²) in [6, 6.07) is 2.83. The normalized spacial score (nSPS) is 11.0. The quantitative estimate of drug-likeness (QED) is 0.621. The van der Waals surface area contributed by atoms with Crippen LogP contribution in [0, 0.1) is 21.4 Å². The molecule has 4 nitrogen and oxygen atoms in total. The summed E-state index contributed by atoms with van der Waals surface area (Å²) < 4.78 is 37.1. The monoisotopic (exact) mass is 308 g/mol. The maximum absolute atomic E-state index is 12.4. The molecule has 0 heterocycles. The molecule has 0 atom stereocenters. The van der Waals surface area contributed by atoms with Gasteiger partial charge in [-0.2, -0.15) is 18.4 Å². The average Bonchev–Trinajstić information content (AvgIpc) is 2.15. The lowest BCUT2D eigenvalue weighted by Crippen LogP contribution is -2.07. The Labute approximate surface area is 102 Å². The van der Waals surface area contributed by atoms with E-state index >= 15 is 0 Å². The molecule has 0 aliphatic heterocycles. The van der Waals surface area contributed by atoms with Crippen molar-refractivity contribution in [3.8, 4) is 6.07 Å². The molecule has 0 aliphatic carbocycles. The zero-order valence-electron chi connectivity index (χ0n) is 8.08. The van der Waals surface area contributed by atoms with Crippen LogP contribution in [0.1, 0.15) is 11.1 Å². The van der Waals surface area contributed by atoms with Gasteiger partial charge < -0.3 is 0 Å². The van der Waals surface area contributed by atoms with E-state index in [-0.39, 0.29) is 10.0 Å². The zero-order chi connectivity index (χ0) is 13.2. The summed E-state index contributed by atoms with van der Waals surface area (Å²) in [7, 11) is 0. The molecule has 0 radical (unpaired) electrons. The molecule has 0 spiro atoms. The third kappa shape index (κ3) is 2.94. The van der Waals surface area contributed by atoms with Gasteiger partial charge in [0.25, 0.3) is 5.69 Å². The van der Waals surface area contributed by atoms with Crippen molar-refractivity contribution in [3.05, 3.63) is 37.8 Å².